The average molecular weight is 1080 g/mol. The molecule has 3 rings (SSSR count). The largest absolute Gasteiger partial charge is 0.444 e. The van der Waals surface area contributed by atoms with Gasteiger partial charge in [0.05, 0.1) is 24.3 Å². The van der Waals surface area contributed by atoms with Crippen molar-refractivity contribution in [1.29, 1.82) is 0 Å². The topological polar surface area (TPSA) is 278 Å². The van der Waals surface area contributed by atoms with Crippen molar-refractivity contribution in [3.05, 3.63) is 95.0 Å². The lowest BCUT2D eigenvalue weighted by molar-refractivity contribution is -0.140. The molecule has 0 saturated carbocycles. The lowest BCUT2D eigenvalue weighted by atomic mass is 10.0. The van der Waals surface area contributed by atoms with Crippen LogP contribution in [0.25, 0.3) is 11.1 Å². The lowest BCUT2D eigenvalue weighted by Crippen LogP contribution is -2.62. The Morgan fingerprint density at radius 2 is 1.07 bits per heavy atom. The molecule has 0 spiro atoms. The highest BCUT2D eigenvalue weighted by molar-refractivity contribution is 6.38. The van der Waals surface area contributed by atoms with Gasteiger partial charge >= 0.3 is 12.2 Å². The predicted molar refractivity (Wildman–Crippen MR) is 288 cm³/mol. The van der Waals surface area contributed by atoms with Crippen LogP contribution in [-0.4, -0.2) is 126 Å². The Bertz CT molecular complexity index is 2450. The number of ketones is 1. The number of hydrogen-bond acceptors (Lipinski definition) is 12. The molecule has 416 valence electrons. The zero-order valence-electron chi connectivity index (χ0n) is 45.7. The molecule has 8 N–H and O–H groups in total. The summed E-state index contributed by atoms with van der Waals surface area (Å²) in [6, 6.07) is 16.1. The number of alkyl carbamates (subject to hydrolysis) is 2. The normalized spacial score (nSPS) is 13.9. The van der Waals surface area contributed by atoms with Crippen molar-refractivity contribution in [2.24, 2.45) is 0 Å². The molecule has 20 nitrogen and oxygen atoms in total. The zero-order valence-corrected chi connectivity index (χ0v) is 46.5. The standard InChI is InChI=1S/C55H77ClN8O12/c1-33(44(65)50(71)57-31-29-36-18-14-13-15-19-36)60-47(68)41(20-16-17-30-58-51(72)75-54(7,8)9)62-45(66)34(2)61-49(70)43(35(3)74-53(4,5)6)64-48(69)42(32-59-52(73)76-55(10,11)12)63-46(67)39-23-21-37(22-24-39)38-25-27-40(56)28-26-38/h13-15,18-19,21-28,33-35,41-43H,16-17,20,29-32H2,1-12H3,(H,57,71)(H,58,72)(H,59,73)(H,60,68)(H,61,70)(H,62,66)(H,63,67)(H,64,69)/t33-,34-,35+,41-,42-,43-/m0/s1. The van der Waals surface area contributed by atoms with E-state index in [4.69, 9.17) is 25.8 Å². The van der Waals surface area contributed by atoms with Crippen molar-refractivity contribution >= 4 is 65.0 Å². The van der Waals surface area contributed by atoms with E-state index in [0.717, 1.165) is 16.7 Å². The van der Waals surface area contributed by atoms with Crippen molar-refractivity contribution in [3.8, 4) is 11.1 Å². The van der Waals surface area contributed by atoms with Crippen LogP contribution < -0.4 is 42.5 Å². The second-order valence-electron chi connectivity index (χ2n) is 21.2. The van der Waals surface area contributed by atoms with Crippen molar-refractivity contribution in [3.63, 3.8) is 0 Å². The number of rotatable bonds is 25. The molecule has 0 aliphatic rings. The minimum Gasteiger partial charge on any atom is -0.444 e. The Kier molecular flexibility index (Phi) is 24.4. The van der Waals surface area contributed by atoms with Crippen molar-refractivity contribution in [2.75, 3.05) is 19.6 Å². The number of unbranched alkanes of at least 4 members (excludes halogenated alkanes) is 1. The molecule has 0 unspecified atom stereocenters. The first-order valence-electron chi connectivity index (χ1n) is 25.3. The van der Waals surface area contributed by atoms with Gasteiger partial charge in [-0.2, -0.15) is 0 Å². The first-order valence-corrected chi connectivity index (χ1v) is 25.6. The molecule has 0 heterocycles. The van der Waals surface area contributed by atoms with Gasteiger partial charge in [0.2, 0.25) is 29.4 Å². The van der Waals surface area contributed by atoms with Gasteiger partial charge in [-0.05, 0) is 150 Å². The number of ether oxygens (including phenoxy) is 3. The Balaban J connectivity index is 1.82. The van der Waals surface area contributed by atoms with Gasteiger partial charge in [-0.15, -0.1) is 0 Å². The van der Waals surface area contributed by atoms with Crippen LogP contribution in [0.4, 0.5) is 9.59 Å². The summed E-state index contributed by atoms with van der Waals surface area (Å²) in [5.41, 5.74) is 0.293. The van der Waals surface area contributed by atoms with Gasteiger partial charge < -0.3 is 56.7 Å². The van der Waals surface area contributed by atoms with E-state index >= 15 is 0 Å². The first-order chi connectivity index (χ1) is 35.4. The number of benzene rings is 3. The maximum atomic E-state index is 14.3. The Hall–Kier alpha value is -7.06. The second kappa shape index (κ2) is 29.3. The molecule has 3 aromatic carbocycles. The SMILES string of the molecule is C[C@H](NC(=O)[C@@H](NC(=O)[C@H](CNC(=O)OC(C)(C)C)NC(=O)c1ccc(-c2ccc(Cl)cc2)cc1)[C@@H](C)OC(C)(C)C)C(=O)N[C@@H](CCCCNC(=O)OC(C)(C)C)C(=O)N[C@@H](C)C(=O)C(=O)NCCc1ccccc1. The first kappa shape index (κ1) is 63.2. The fourth-order valence-corrected chi connectivity index (χ4v) is 7.35. The third-order valence-electron chi connectivity index (χ3n) is 10.9. The van der Waals surface area contributed by atoms with Gasteiger partial charge in [-0.1, -0.05) is 66.2 Å². The highest BCUT2D eigenvalue weighted by atomic mass is 35.5. The fourth-order valence-electron chi connectivity index (χ4n) is 7.22. The maximum absolute atomic E-state index is 14.3. The number of amides is 8. The zero-order chi connectivity index (χ0) is 57.0. The van der Waals surface area contributed by atoms with Gasteiger partial charge in [0.25, 0.3) is 11.8 Å². The Labute approximate surface area is 451 Å². The van der Waals surface area contributed by atoms with Crippen molar-refractivity contribution in [2.45, 2.75) is 162 Å². The van der Waals surface area contributed by atoms with Gasteiger partial charge in [-0.3, -0.25) is 33.6 Å². The molecule has 0 aliphatic carbocycles. The summed E-state index contributed by atoms with van der Waals surface area (Å²) in [6.07, 6.45) is -1.47. The van der Waals surface area contributed by atoms with Gasteiger partial charge in [0, 0.05) is 23.7 Å². The Morgan fingerprint density at radius 1 is 0.526 bits per heavy atom. The van der Waals surface area contributed by atoms with Crippen LogP contribution in [-0.2, 0) is 49.4 Å². The molecule has 3 aromatic rings. The third kappa shape index (κ3) is 23.6. The third-order valence-corrected chi connectivity index (χ3v) is 11.1. The summed E-state index contributed by atoms with van der Waals surface area (Å²) in [6.45, 7) is 19.4. The Morgan fingerprint density at radius 3 is 1.63 bits per heavy atom. The van der Waals surface area contributed by atoms with Crippen LogP contribution in [0.5, 0.6) is 0 Å². The van der Waals surface area contributed by atoms with Crippen molar-refractivity contribution < 1.29 is 57.4 Å². The molecular formula is C55H77ClN8O12. The van der Waals surface area contributed by atoms with E-state index in [1.54, 1.807) is 98.7 Å². The monoisotopic (exact) mass is 1080 g/mol. The molecule has 8 amide bonds. The minimum atomic E-state index is -1.51. The summed E-state index contributed by atoms with van der Waals surface area (Å²) in [5.74, 6) is -5.93. The summed E-state index contributed by atoms with van der Waals surface area (Å²) < 4.78 is 16.7. The molecule has 0 bridgehead atoms. The molecule has 76 heavy (non-hydrogen) atoms. The summed E-state index contributed by atoms with van der Waals surface area (Å²) in [4.78, 5) is 121. The fraction of sp³-hybridized carbons (Fsp3) is 0.509. The maximum Gasteiger partial charge on any atom is 0.407 e. The van der Waals surface area contributed by atoms with E-state index in [1.807, 2.05) is 42.5 Å². The van der Waals surface area contributed by atoms with Crippen LogP contribution in [0, 0.1) is 0 Å². The van der Waals surface area contributed by atoms with E-state index in [-0.39, 0.29) is 31.5 Å². The summed E-state index contributed by atoms with van der Waals surface area (Å²) >= 11 is 6.05. The van der Waals surface area contributed by atoms with Crippen molar-refractivity contribution in [1.82, 2.24) is 42.5 Å². The molecule has 0 aromatic heterocycles. The van der Waals surface area contributed by atoms with Crippen LogP contribution in [0.15, 0.2) is 78.9 Å². The molecular weight excluding hydrogens is 1000 g/mol. The van der Waals surface area contributed by atoms with Gasteiger partial charge in [0.1, 0.15) is 35.4 Å². The van der Waals surface area contributed by atoms with Crippen LogP contribution in [0.3, 0.4) is 0 Å². The highest BCUT2D eigenvalue weighted by Crippen LogP contribution is 2.22. The minimum absolute atomic E-state index is 0.00446. The molecule has 0 saturated heterocycles. The molecule has 21 heteroatoms. The van der Waals surface area contributed by atoms with Gasteiger partial charge in [-0.25, -0.2) is 9.59 Å². The number of carbonyl (C=O) groups is 9. The lowest BCUT2D eigenvalue weighted by Gasteiger charge is -2.32. The average Bonchev–Trinajstić information content (AvgIpc) is 3.32. The summed E-state index contributed by atoms with van der Waals surface area (Å²) in [5, 5.41) is 21.3. The quantitative estimate of drug-likeness (QED) is 0.0390. The second-order valence-corrected chi connectivity index (χ2v) is 21.7. The van der Waals surface area contributed by atoms with Crippen LogP contribution in [0.2, 0.25) is 5.02 Å². The summed E-state index contributed by atoms with van der Waals surface area (Å²) in [7, 11) is 0. The molecule has 0 aliphatic heterocycles. The van der Waals surface area contributed by atoms with E-state index in [2.05, 4.69) is 42.5 Å². The molecule has 0 radical (unpaired) electrons. The van der Waals surface area contributed by atoms with E-state index in [9.17, 15) is 43.2 Å². The number of hydrogen-bond donors (Lipinski definition) is 8. The number of Topliss-reactive ketones (excluding diaryl/α,β-unsaturated/α-hetero) is 1. The van der Waals surface area contributed by atoms with Gasteiger partial charge in [0.15, 0.2) is 0 Å². The predicted octanol–water partition coefficient (Wildman–Crippen LogP) is 5.44. The highest BCUT2D eigenvalue weighted by Gasteiger charge is 2.36. The van der Waals surface area contributed by atoms with Crippen LogP contribution >= 0.6 is 11.6 Å². The smallest absolute Gasteiger partial charge is 0.407 e. The molecule has 0 fully saturated rings. The van der Waals surface area contributed by atoms with E-state index in [1.165, 1.54) is 20.8 Å². The van der Waals surface area contributed by atoms with E-state index in [0.29, 0.717) is 17.9 Å². The number of nitrogens with one attached hydrogen (secondary N) is 8. The van der Waals surface area contributed by atoms with Crippen LogP contribution in [0.1, 0.15) is 118 Å². The molecule has 6 atom stereocenters. The number of halogens is 1. The number of carbonyl (C=O) groups excluding carboxylic acids is 9. The van der Waals surface area contributed by atoms with E-state index < -0.39 is 113 Å².